The van der Waals surface area contributed by atoms with Gasteiger partial charge in [0.1, 0.15) is 0 Å². The minimum Gasteiger partial charge on any atom is -0.386 e. The first-order valence-electron chi connectivity index (χ1n) is 7.79. The van der Waals surface area contributed by atoms with Crippen LogP contribution in [0.15, 0.2) is 47.8 Å². The summed E-state index contributed by atoms with van der Waals surface area (Å²) < 4.78 is 2.09. The van der Waals surface area contributed by atoms with Crippen molar-refractivity contribution in [1.29, 1.82) is 0 Å². The Morgan fingerprint density at radius 1 is 1.38 bits per heavy atom. The fourth-order valence-electron chi connectivity index (χ4n) is 2.31. The van der Waals surface area contributed by atoms with Crippen molar-refractivity contribution in [3.05, 3.63) is 54.1 Å². The van der Waals surface area contributed by atoms with Gasteiger partial charge in [-0.05, 0) is 36.8 Å². The van der Waals surface area contributed by atoms with Gasteiger partial charge in [-0.25, -0.2) is 0 Å². The summed E-state index contributed by atoms with van der Waals surface area (Å²) in [5.41, 5.74) is 2.03. The topological polar surface area (TPSA) is 65.7 Å². The van der Waals surface area contributed by atoms with E-state index in [1.165, 1.54) is 5.69 Å². The zero-order chi connectivity index (χ0) is 16.7. The first-order chi connectivity index (χ1) is 11.1. The molecule has 7 heteroatoms. The van der Waals surface area contributed by atoms with Crippen molar-refractivity contribution in [3.8, 4) is 0 Å². The molecule has 0 amide bonds. The molecular weight excluding hydrogens is 417 g/mol. The predicted octanol–water partition coefficient (Wildman–Crippen LogP) is 2.17. The highest BCUT2D eigenvalue weighted by molar-refractivity contribution is 14.0. The minimum atomic E-state index is -0.630. The van der Waals surface area contributed by atoms with Crippen LogP contribution in [0, 0.1) is 0 Å². The number of aromatic nitrogens is 2. The summed E-state index contributed by atoms with van der Waals surface area (Å²) in [7, 11) is 4.02. The highest BCUT2D eigenvalue weighted by atomic mass is 127. The summed E-state index contributed by atoms with van der Waals surface area (Å²) in [6.07, 6.45) is 4.75. The molecule has 0 aliphatic carbocycles. The zero-order valence-electron chi connectivity index (χ0n) is 14.4. The number of rotatable bonds is 6. The summed E-state index contributed by atoms with van der Waals surface area (Å²) in [4.78, 5) is 10.6. The first kappa shape index (κ1) is 20.4. The van der Waals surface area contributed by atoms with Gasteiger partial charge in [0.2, 0.25) is 0 Å². The molecule has 2 aromatic rings. The average Bonchev–Trinajstić information content (AvgIpc) is 2.96. The Bertz CT molecular complexity index is 629. The van der Waals surface area contributed by atoms with Crippen LogP contribution in [0.25, 0.3) is 0 Å². The van der Waals surface area contributed by atoms with Gasteiger partial charge in [-0.1, -0.05) is 0 Å². The molecule has 2 rings (SSSR count). The number of halogens is 1. The molecule has 0 bridgehead atoms. The van der Waals surface area contributed by atoms with Crippen LogP contribution in [-0.2, 0) is 13.6 Å². The third-order valence-electron chi connectivity index (χ3n) is 3.65. The number of hydrogen-bond donors (Lipinski definition) is 2. The molecule has 2 N–H and O–H groups in total. The van der Waals surface area contributed by atoms with Crippen LogP contribution in [0.3, 0.4) is 0 Å². The molecule has 1 atom stereocenters. The Balaban J connectivity index is 0.00000288. The summed E-state index contributed by atoms with van der Waals surface area (Å²) in [6, 6.07) is 7.73. The van der Waals surface area contributed by atoms with Crippen molar-refractivity contribution in [2.45, 2.75) is 19.6 Å². The van der Waals surface area contributed by atoms with E-state index in [1.54, 1.807) is 24.5 Å². The van der Waals surface area contributed by atoms with Gasteiger partial charge < -0.3 is 19.9 Å². The first-order valence-corrected chi connectivity index (χ1v) is 7.79. The largest absolute Gasteiger partial charge is 0.386 e. The van der Waals surface area contributed by atoms with Crippen LogP contribution in [0.1, 0.15) is 24.3 Å². The highest BCUT2D eigenvalue weighted by Crippen LogP contribution is 2.11. The quantitative estimate of drug-likeness (QED) is 0.408. The third-order valence-corrected chi connectivity index (χ3v) is 3.65. The predicted molar refractivity (Wildman–Crippen MR) is 107 cm³/mol. The van der Waals surface area contributed by atoms with Crippen LogP contribution in [-0.4, -0.2) is 45.7 Å². The summed E-state index contributed by atoms with van der Waals surface area (Å²) in [5.74, 6) is 0.779. The van der Waals surface area contributed by atoms with Crippen LogP contribution in [0.5, 0.6) is 0 Å². The Kier molecular flexibility index (Phi) is 8.77. The number of nitrogens with one attached hydrogen (secondary N) is 1. The second-order valence-electron chi connectivity index (χ2n) is 5.46. The van der Waals surface area contributed by atoms with Crippen LogP contribution < -0.4 is 5.32 Å². The molecule has 132 valence electrons. The van der Waals surface area contributed by atoms with Crippen molar-refractivity contribution in [2.75, 3.05) is 20.1 Å². The van der Waals surface area contributed by atoms with Crippen molar-refractivity contribution in [1.82, 2.24) is 19.8 Å². The SMILES string of the molecule is CCNC(=NCC(O)c1ccncc1)N(C)Cc1cccn1C.I. The number of nitrogens with zero attached hydrogens (tertiary/aromatic N) is 4. The number of pyridine rings is 1. The molecule has 0 aliphatic heterocycles. The summed E-state index contributed by atoms with van der Waals surface area (Å²) in [6.45, 7) is 3.87. The minimum absolute atomic E-state index is 0. The van der Waals surface area contributed by atoms with E-state index in [2.05, 4.69) is 30.8 Å². The Labute approximate surface area is 160 Å². The fourth-order valence-corrected chi connectivity index (χ4v) is 2.31. The van der Waals surface area contributed by atoms with E-state index in [9.17, 15) is 5.11 Å². The molecule has 0 fully saturated rings. The van der Waals surface area contributed by atoms with Gasteiger partial charge >= 0.3 is 0 Å². The van der Waals surface area contributed by atoms with E-state index in [0.29, 0.717) is 6.54 Å². The van der Waals surface area contributed by atoms with Crippen molar-refractivity contribution in [3.63, 3.8) is 0 Å². The van der Waals surface area contributed by atoms with Gasteiger partial charge in [0.25, 0.3) is 0 Å². The molecule has 0 saturated carbocycles. The van der Waals surface area contributed by atoms with Crippen LogP contribution in [0.4, 0.5) is 0 Å². The Hall–Kier alpha value is -1.61. The number of aliphatic hydroxyl groups excluding tert-OH is 1. The normalized spacial score (nSPS) is 12.4. The molecular formula is C17H26IN5O. The van der Waals surface area contributed by atoms with Crippen molar-refractivity contribution >= 4 is 29.9 Å². The second-order valence-corrected chi connectivity index (χ2v) is 5.46. The Morgan fingerprint density at radius 3 is 2.67 bits per heavy atom. The third kappa shape index (κ3) is 5.79. The molecule has 0 saturated heterocycles. The number of aliphatic imine (C=N–C) groups is 1. The monoisotopic (exact) mass is 443 g/mol. The van der Waals surface area contributed by atoms with Gasteiger partial charge in [0, 0.05) is 44.9 Å². The number of aryl methyl sites for hydroxylation is 1. The van der Waals surface area contributed by atoms with Crippen LogP contribution in [0.2, 0.25) is 0 Å². The lowest BCUT2D eigenvalue weighted by atomic mass is 10.1. The molecule has 0 spiro atoms. The smallest absolute Gasteiger partial charge is 0.194 e. The van der Waals surface area contributed by atoms with E-state index in [-0.39, 0.29) is 24.0 Å². The van der Waals surface area contributed by atoms with E-state index in [0.717, 1.165) is 24.6 Å². The molecule has 0 aliphatic rings. The molecule has 24 heavy (non-hydrogen) atoms. The van der Waals surface area contributed by atoms with Crippen LogP contribution >= 0.6 is 24.0 Å². The lowest BCUT2D eigenvalue weighted by Crippen LogP contribution is -2.39. The Morgan fingerprint density at radius 2 is 2.08 bits per heavy atom. The van der Waals surface area contributed by atoms with Gasteiger partial charge in [-0.15, -0.1) is 24.0 Å². The van der Waals surface area contributed by atoms with Gasteiger partial charge in [0.15, 0.2) is 5.96 Å². The van der Waals surface area contributed by atoms with Gasteiger partial charge in [-0.2, -0.15) is 0 Å². The molecule has 6 nitrogen and oxygen atoms in total. The maximum atomic E-state index is 10.2. The molecule has 2 heterocycles. The maximum Gasteiger partial charge on any atom is 0.194 e. The molecule has 1 unspecified atom stereocenters. The molecule has 0 radical (unpaired) electrons. The van der Waals surface area contributed by atoms with Gasteiger partial charge in [0.05, 0.1) is 19.2 Å². The number of hydrogen-bond acceptors (Lipinski definition) is 3. The van der Waals surface area contributed by atoms with E-state index < -0.39 is 6.10 Å². The second kappa shape index (κ2) is 10.3. The standard InChI is InChI=1S/C17H25N5O.HI/c1-4-19-17(22(3)13-15-6-5-11-21(15)2)20-12-16(23)14-7-9-18-10-8-14;/h5-11,16,23H,4,12-13H2,1-3H3,(H,19,20);1H. The van der Waals surface area contributed by atoms with Gasteiger partial charge in [-0.3, -0.25) is 9.98 Å². The summed E-state index contributed by atoms with van der Waals surface area (Å²) >= 11 is 0. The van der Waals surface area contributed by atoms with Crippen molar-refractivity contribution in [2.24, 2.45) is 12.0 Å². The average molecular weight is 443 g/mol. The molecule has 2 aromatic heterocycles. The van der Waals surface area contributed by atoms with E-state index in [4.69, 9.17) is 0 Å². The lowest BCUT2D eigenvalue weighted by Gasteiger charge is -2.23. The molecule has 0 aromatic carbocycles. The summed E-state index contributed by atoms with van der Waals surface area (Å²) in [5, 5.41) is 13.5. The van der Waals surface area contributed by atoms with E-state index >= 15 is 0 Å². The van der Waals surface area contributed by atoms with Crippen molar-refractivity contribution < 1.29 is 5.11 Å². The fraction of sp³-hybridized carbons (Fsp3) is 0.412. The number of aliphatic hydroxyl groups is 1. The maximum absolute atomic E-state index is 10.2. The number of guanidine groups is 1. The zero-order valence-corrected chi connectivity index (χ0v) is 16.7. The highest BCUT2D eigenvalue weighted by Gasteiger charge is 2.11. The van der Waals surface area contributed by atoms with E-state index in [1.807, 2.05) is 33.3 Å². The lowest BCUT2D eigenvalue weighted by molar-refractivity contribution is 0.186.